The molecule has 0 amide bonds. The van der Waals surface area contributed by atoms with Crippen molar-refractivity contribution in [3.8, 4) is 11.3 Å². The Morgan fingerprint density at radius 1 is 1.27 bits per heavy atom. The lowest BCUT2D eigenvalue weighted by molar-refractivity contribution is 0.101. The van der Waals surface area contributed by atoms with Gasteiger partial charge in [-0.25, -0.2) is 0 Å². The van der Waals surface area contributed by atoms with Gasteiger partial charge in [-0.15, -0.1) is 0 Å². The Balaban J connectivity index is 1.91. The molecule has 2 aromatic heterocycles. The van der Waals surface area contributed by atoms with Crippen molar-refractivity contribution in [1.29, 1.82) is 0 Å². The maximum absolute atomic E-state index is 11.9. The number of hydrogen-bond acceptors (Lipinski definition) is 2. The van der Waals surface area contributed by atoms with Crippen molar-refractivity contribution in [3.05, 3.63) is 53.3 Å². The van der Waals surface area contributed by atoms with Crippen molar-refractivity contribution in [2.75, 3.05) is 0 Å². The van der Waals surface area contributed by atoms with Crippen LogP contribution in [0.5, 0.6) is 0 Å². The van der Waals surface area contributed by atoms with Crippen molar-refractivity contribution < 1.29 is 4.79 Å². The molecule has 3 aromatic rings. The number of fused-ring (bicyclic) bond motifs is 5. The average molecular weight is 346 g/mol. The molecule has 0 aliphatic carbocycles. The van der Waals surface area contributed by atoms with Crippen molar-refractivity contribution >= 4 is 16.7 Å². The first kappa shape index (κ1) is 17.0. The average Bonchev–Trinajstić information content (AvgIpc) is 3.16. The maximum atomic E-state index is 11.9. The molecule has 134 valence electrons. The van der Waals surface area contributed by atoms with Crippen molar-refractivity contribution in [1.82, 2.24) is 9.55 Å². The van der Waals surface area contributed by atoms with Gasteiger partial charge in [-0.05, 0) is 42.5 Å². The molecule has 0 fully saturated rings. The molecule has 3 heteroatoms. The minimum Gasteiger partial charge on any atom is -0.336 e. The zero-order chi connectivity index (χ0) is 18.3. The molecular formula is C23H26N2O. The smallest absolute Gasteiger partial charge is 0.159 e. The van der Waals surface area contributed by atoms with E-state index < -0.39 is 0 Å². The summed E-state index contributed by atoms with van der Waals surface area (Å²) in [7, 11) is 0. The molecule has 0 spiro atoms. The quantitative estimate of drug-likeness (QED) is 0.319. The summed E-state index contributed by atoms with van der Waals surface area (Å²) in [5.41, 5.74) is 7.29. The summed E-state index contributed by atoms with van der Waals surface area (Å²) in [5.74, 6) is 0.617. The molecule has 0 saturated heterocycles. The molecule has 3 heterocycles. The zero-order valence-corrected chi connectivity index (χ0v) is 15.9. The highest BCUT2D eigenvalue weighted by Gasteiger charge is 2.28. The van der Waals surface area contributed by atoms with Crippen LogP contribution in [0.3, 0.4) is 0 Å². The third kappa shape index (κ3) is 2.66. The Labute approximate surface area is 155 Å². The van der Waals surface area contributed by atoms with E-state index >= 15 is 0 Å². The predicted octanol–water partition coefficient (Wildman–Crippen LogP) is 5.95. The van der Waals surface area contributed by atoms with Crippen LogP contribution in [0, 0.1) is 0 Å². The van der Waals surface area contributed by atoms with Crippen LogP contribution < -0.4 is 0 Å². The number of nitrogens with zero attached hydrogens (tertiary/aromatic N) is 2. The van der Waals surface area contributed by atoms with E-state index in [0.29, 0.717) is 5.92 Å². The van der Waals surface area contributed by atoms with Gasteiger partial charge in [-0.2, -0.15) is 0 Å². The largest absolute Gasteiger partial charge is 0.336 e. The van der Waals surface area contributed by atoms with Crippen LogP contribution in [0.25, 0.3) is 22.2 Å². The van der Waals surface area contributed by atoms with Gasteiger partial charge in [0.1, 0.15) is 0 Å². The van der Waals surface area contributed by atoms with E-state index in [0.717, 1.165) is 12.1 Å². The topological polar surface area (TPSA) is 34.9 Å². The summed E-state index contributed by atoms with van der Waals surface area (Å²) in [6.45, 7) is 7.11. The highest BCUT2D eigenvalue weighted by molar-refractivity contribution is 6.01. The Hall–Kier alpha value is -2.42. The number of aromatic nitrogens is 2. The summed E-state index contributed by atoms with van der Waals surface area (Å²) >= 11 is 0. The van der Waals surface area contributed by atoms with Gasteiger partial charge in [0.05, 0.1) is 5.69 Å². The van der Waals surface area contributed by atoms with Crippen LogP contribution in [0.4, 0.5) is 0 Å². The minimum absolute atomic E-state index is 0.122. The van der Waals surface area contributed by atoms with Crippen LogP contribution in [-0.4, -0.2) is 15.3 Å². The summed E-state index contributed by atoms with van der Waals surface area (Å²) in [6, 6.07) is 8.32. The van der Waals surface area contributed by atoms with Gasteiger partial charge < -0.3 is 4.57 Å². The van der Waals surface area contributed by atoms with E-state index in [-0.39, 0.29) is 5.78 Å². The van der Waals surface area contributed by atoms with Crippen LogP contribution in [-0.2, 0) is 6.54 Å². The summed E-state index contributed by atoms with van der Waals surface area (Å²) in [5, 5.41) is 1.29. The number of unbranched alkanes of at least 4 members (excludes halogenated alkanes) is 2. The van der Waals surface area contributed by atoms with Crippen LogP contribution in [0.1, 0.15) is 73.9 Å². The van der Waals surface area contributed by atoms with Gasteiger partial charge in [0.2, 0.25) is 0 Å². The number of carbonyl (C=O) groups is 1. The second kappa shape index (κ2) is 6.71. The first-order chi connectivity index (χ1) is 12.6. The molecule has 0 saturated carbocycles. The molecular weight excluding hydrogens is 320 g/mol. The third-order valence-corrected chi connectivity index (χ3v) is 5.74. The monoisotopic (exact) mass is 346 g/mol. The van der Waals surface area contributed by atoms with E-state index in [9.17, 15) is 4.79 Å². The number of ketones is 1. The molecule has 0 N–H and O–H groups in total. The van der Waals surface area contributed by atoms with Gasteiger partial charge in [-0.1, -0.05) is 45.2 Å². The number of carbonyl (C=O) groups excluding carboxylic acids is 1. The van der Waals surface area contributed by atoms with Gasteiger partial charge >= 0.3 is 0 Å². The molecule has 1 aliphatic rings. The zero-order valence-electron chi connectivity index (χ0n) is 15.9. The molecule has 1 aromatic carbocycles. The molecule has 26 heavy (non-hydrogen) atoms. The molecule has 1 unspecified atom stereocenters. The van der Waals surface area contributed by atoms with Crippen molar-refractivity contribution in [3.63, 3.8) is 0 Å². The van der Waals surface area contributed by atoms with E-state index in [2.05, 4.69) is 41.6 Å². The highest BCUT2D eigenvalue weighted by Crippen LogP contribution is 2.45. The Morgan fingerprint density at radius 3 is 2.88 bits per heavy atom. The normalized spacial score (nSPS) is 13.7. The highest BCUT2D eigenvalue weighted by atomic mass is 16.1. The fourth-order valence-electron chi connectivity index (χ4n) is 4.34. The second-order valence-electron chi connectivity index (χ2n) is 7.57. The van der Waals surface area contributed by atoms with Gasteiger partial charge in [-0.3, -0.25) is 9.78 Å². The molecule has 0 radical (unpaired) electrons. The summed E-state index contributed by atoms with van der Waals surface area (Å²) in [6.07, 6.45) is 8.86. The molecule has 1 aliphatic heterocycles. The fraction of sp³-hybridized carbons (Fsp3) is 0.391. The molecule has 4 rings (SSSR count). The Kier molecular flexibility index (Phi) is 4.39. The van der Waals surface area contributed by atoms with Crippen LogP contribution >= 0.6 is 0 Å². The lowest BCUT2D eigenvalue weighted by Crippen LogP contribution is -1.96. The Morgan fingerprint density at radius 2 is 2.12 bits per heavy atom. The molecule has 0 bridgehead atoms. The third-order valence-electron chi connectivity index (χ3n) is 5.74. The predicted molar refractivity (Wildman–Crippen MR) is 107 cm³/mol. The maximum Gasteiger partial charge on any atom is 0.159 e. The van der Waals surface area contributed by atoms with Crippen molar-refractivity contribution in [2.45, 2.75) is 58.9 Å². The first-order valence-corrected chi connectivity index (χ1v) is 9.72. The fourth-order valence-corrected chi connectivity index (χ4v) is 4.34. The van der Waals surface area contributed by atoms with E-state index in [1.54, 1.807) is 6.92 Å². The Bertz CT molecular complexity index is 983. The van der Waals surface area contributed by atoms with E-state index in [1.165, 1.54) is 59.0 Å². The number of pyridine rings is 1. The number of benzene rings is 1. The number of rotatable bonds is 6. The number of Topliss-reactive ketones (excluding diaryl/α,β-unsaturated/α-hetero) is 1. The minimum atomic E-state index is 0.122. The lowest BCUT2D eigenvalue weighted by atomic mass is 9.90. The SMILES string of the molecule is CCCCCC(C)c1c2n(c3cc(C(C)=O)ccc13)Cc1ccncc1-2. The second-order valence-corrected chi connectivity index (χ2v) is 7.57. The van der Waals surface area contributed by atoms with Gasteiger partial charge in [0.25, 0.3) is 0 Å². The lowest BCUT2D eigenvalue weighted by Gasteiger charge is -2.13. The van der Waals surface area contributed by atoms with Crippen LogP contribution in [0.2, 0.25) is 0 Å². The first-order valence-electron chi connectivity index (χ1n) is 9.72. The summed E-state index contributed by atoms with van der Waals surface area (Å²) < 4.78 is 2.39. The van der Waals surface area contributed by atoms with E-state index in [4.69, 9.17) is 0 Å². The van der Waals surface area contributed by atoms with Crippen molar-refractivity contribution in [2.24, 2.45) is 0 Å². The van der Waals surface area contributed by atoms with Gasteiger partial charge in [0, 0.05) is 41.0 Å². The summed E-state index contributed by atoms with van der Waals surface area (Å²) in [4.78, 5) is 16.3. The molecule has 3 nitrogen and oxygen atoms in total. The number of hydrogen-bond donors (Lipinski definition) is 0. The van der Waals surface area contributed by atoms with Gasteiger partial charge in [0.15, 0.2) is 5.78 Å². The van der Waals surface area contributed by atoms with Crippen LogP contribution in [0.15, 0.2) is 36.7 Å². The molecule has 1 atom stereocenters. The van der Waals surface area contributed by atoms with E-state index in [1.807, 2.05) is 18.5 Å². The standard InChI is InChI=1S/C23H26N2O/c1-4-5-6-7-15(2)22-19-9-8-17(16(3)26)12-21(19)25-14-18-10-11-24-13-20(18)23(22)25/h8-13,15H,4-7,14H2,1-3H3.